The molecule has 2 nitrogen and oxygen atoms in total. The second-order valence-electron chi connectivity index (χ2n) is 7.88. The molecule has 0 saturated heterocycles. The lowest BCUT2D eigenvalue weighted by atomic mass is 9.94. The van der Waals surface area contributed by atoms with Gasteiger partial charge in [-0.2, -0.15) is 4.37 Å². The van der Waals surface area contributed by atoms with Gasteiger partial charge < -0.3 is 0 Å². The van der Waals surface area contributed by atoms with Gasteiger partial charge in [0.1, 0.15) is 0 Å². The molecule has 33 heavy (non-hydrogen) atoms. The van der Waals surface area contributed by atoms with Gasteiger partial charge in [0, 0.05) is 27.6 Å². The number of hydrogen-bond donors (Lipinski definition) is 0. The van der Waals surface area contributed by atoms with Crippen LogP contribution in [0.5, 0.6) is 0 Å². The van der Waals surface area contributed by atoms with Crippen LogP contribution in [0.4, 0.5) is 0 Å². The molecule has 2 heterocycles. The van der Waals surface area contributed by atoms with Crippen molar-refractivity contribution in [2.24, 2.45) is 0 Å². The summed E-state index contributed by atoms with van der Waals surface area (Å²) < 4.78 is 6.13. The fraction of sp³-hybridized carbons (Fsp3) is 0. The Labute approximate surface area is 197 Å². The molecule has 0 spiro atoms. The highest BCUT2D eigenvalue weighted by molar-refractivity contribution is 7.14. The summed E-state index contributed by atoms with van der Waals surface area (Å²) in [4.78, 5) is 5.34. The number of hydrogen-bond acceptors (Lipinski definition) is 3. The van der Waals surface area contributed by atoms with Crippen LogP contribution in [0.1, 0.15) is 0 Å². The molecule has 6 rings (SSSR count). The van der Waals surface area contributed by atoms with E-state index in [1.54, 1.807) is 11.5 Å². The van der Waals surface area contributed by atoms with Gasteiger partial charge in [-0.1, -0.05) is 121 Å². The zero-order valence-electron chi connectivity index (χ0n) is 17.8. The van der Waals surface area contributed by atoms with Gasteiger partial charge in [-0.25, -0.2) is 4.98 Å². The molecule has 156 valence electrons. The van der Waals surface area contributed by atoms with Crippen LogP contribution < -0.4 is 0 Å². The van der Waals surface area contributed by atoms with Crippen molar-refractivity contribution in [3.05, 3.63) is 121 Å². The monoisotopic (exact) mass is 440 g/mol. The van der Waals surface area contributed by atoms with Crippen molar-refractivity contribution in [3.63, 3.8) is 0 Å². The van der Waals surface area contributed by atoms with E-state index < -0.39 is 0 Å². The minimum Gasteiger partial charge on any atom is -0.246 e. The summed E-state index contributed by atoms with van der Waals surface area (Å²) in [5.41, 5.74) is 8.52. The Balaban J connectivity index is 1.77. The predicted octanol–water partition coefficient (Wildman–Crippen LogP) is 8.36. The zero-order valence-corrected chi connectivity index (χ0v) is 18.7. The van der Waals surface area contributed by atoms with E-state index in [9.17, 15) is 0 Å². The first kappa shape index (κ1) is 19.6. The molecule has 0 fully saturated rings. The number of nitrogens with zero attached hydrogens (tertiary/aromatic N) is 2. The average Bonchev–Trinajstić information content (AvgIpc) is 3.35. The van der Waals surface area contributed by atoms with Crippen molar-refractivity contribution >= 4 is 21.6 Å². The molecule has 0 unspecified atom stereocenters. The van der Waals surface area contributed by atoms with Crippen molar-refractivity contribution in [2.45, 2.75) is 0 Å². The number of benzene rings is 4. The van der Waals surface area contributed by atoms with Gasteiger partial charge in [-0.05, 0) is 17.1 Å². The molecule has 0 amide bonds. The lowest BCUT2D eigenvalue weighted by molar-refractivity contribution is 1.35. The molecule has 6 aromatic rings. The molecule has 0 atom stereocenters. The van der Waals surface area contributed by atoms with Crippen molar-refractivity contribution in [1.82, 2.24) is 9.36 Å². The number of aromatic nitrogens is 2. The molecule has 4 aromatic carbocycles. The maximum absolute atomic E-state index is 5.34. The lowest BCUT2D eigenvalue weighted by Crippen LogP contribution is -1.95. The van der Waals surface area contributed by atoms with Gasteiger partial charge in [-0.15, -0.1) is 0 Å². The zero-order chi connectivity index (χ0) is 22.0. The fourth-order valence-electron chi connectivity index (χ4n) is 4.29. The first-order valence-corrected chi connectivity index (χ1v) is 11.7. The molecule has 0 radical (unpaired) electrons. The van der Waals surface area contributed by atoms with Crippen LogP contribution in [-0.2, 0) is 0 Å². The van der Waals surface area contributed by atoms with Gasteiger partial charge in [0.05, 0.1) is 21.8 Å². The molecule has 2 aromatic heterocycles. The van der Waals surface area contributed by atoms with Gasteiger partial charge in [0.15, 0.2) is 0 Å². The predicted molar refractivity (Wildman–Crippen MR) is 139 cm³/mol. The molecule has 0 N–H and O–H groups in total. The number of pyridine rings is 1. The van der Waals surface area contributed by atoms with Crippen LogP contribution in [0.15, 0.2) is 121 Å². The Morgan fingerprint density at radius 2 is 0.848 bits per heavy atom. The van der Waals surface area contributed by atoms with Crippen LogP contribution in [0, 0.1) is 0 Å². The SMILES string of the molecule is c1ccc(-c2nc(-c3ccccc3)c3c(-c4ccccc4)nsc3c2-c2ccccc2)cc1. The molecule has 0 aliphatic heterocycles. The van der Waals surface area contributed by atoms with E-state index in [0.717, 1.165) is 55.0 Å². The summed E-state index contributed by atoms with van der Waals surface area (Å²) in [5, 5.41) is 1.11. The standard InChI is InChI=1S/C30H20N2S/c1-5-13-21(14-6-1)25-27(22-15-7-2-8-16-22)31-28(23-17-9-3-10-18-23)26-29(32-33-30(25)26)24-19-11-4-12-20-24/h1-20H. The Bertz CT molecular complexity index is 1520. The fourth-order valence-corrected chi connectivity index (χ4v) is 5.26. The topological polar surface area (TPSA) is 25.8 Å². The van der Waals surface area contributed by atoms with E-state index in [0.29, 0.717) is 0 Å². The third kappa shape index (κ3) is 3.53. The molecule has 0 aliphatic rings. The van der Waals surface area contributed by atoms with Crippen LogP contribution in [0.2, 0.25) is 0 Å². The minimum atomic E-state index is 0.969. The molecule has 0 bridgehead atoms. The van der Waals surface area contributed by atoms with E-state index in [4.69, 9.17) is 9.36 Å². The van der Waals surface area contributed by atoms with Gasteiger partial charge >= 0.3 is 0 Å². The van der Waals surface area contributed by atoms with E-state index in [2.05, 4.69) is 103 Å². The highest BCUT2D eigenvalue weighted by Gasteiger charge is 2.23. The van der Waals surface area contributed by atoms with Crippen LogP contribution in [-0.4, -0.2) is 9.36 Å². The number of fused-ring (bicyclic) bond motifs is 1. The Hall–Kier alpha value is -4.08. The highest BCUT2D eigenvalue weighted by Crippen LogP contribution is 2.45. The van der Waals surface area contributed by atoms with E-state index in [1.165, 1.54) is 0 Å². The highest BCUT2D eigenvalue weighted by atomic mass is 32.1. The van der Waals surface area contributed by atoms with Crippen molar-refractivity contribution in [2.75, 3.05) is 0 Å². The van der Waals surface area contributed by atoms with Crippen LogP contribution in [0.3, 0.4) is 0 Å². The Kier molecular flexibility index (Phi) is 5.02. The number of rotatable bonds is 4. The summed E-state index contributed by atoms with van der Waals surface area (Å²) in [6.07, 6.45) is 0. The molecular weight excluding hydrogens is 420 g/mol. The molecule has 0 saturated carbocycles. The molecular formula is C30H20N2S. The largest absolute Gasteiger partial charge is 0.246 e. The quantitative estimate of drug-likeness (QED) is 0.275. The van der Waals surface area contributed by atoms with Gasteiger partial charge in [0.2, 0.25) is 0 Å². The summed E-state index contributed by atoms with van der Waals surface area (Å²) >= 11 is 1.56. The maximum Gasteiger partial charge on any atom is 0.0941 e. The van der Waals surface area contributed by atoms with E-state index in [1.807, 2.05) is 18.2 Å². The smallest absolute Gasteiger partial charge is 0.0941 e. The van der Waals surface area contributed by atoms with Crippen LogP contribution in [0.25, 0.3) is 55.0 Å². The lowest BCUT2D eigenvalue weighted by Gasteiger charge is -2.15. The van der Waals surface area contributed by atoms with Crippen molar-refractivity contribution < 1.29 is 0 Å². The first-order valence-electron chi connectivity index (χ1n) is 11.0. The Morgan fingerprint density at radius 1 is 0.424 bits per heavy atom. The summed E-state index contributed by atoms with van der Waals surface area (Å²) in [6, 6.07) is 41.8. The second kappa shape index (κ2) is 8.45. The first-order chi connectivity index (χ1) is 16.4. The summed E-state index contributed by atoms with van der Waals surface area (Å²) in [6.45, 7) is 0. The van der Waals surface area contributed by atoms with E-state index >= 15 is 0 Å². The van der Waals surface area contributed by atoms with E-state index in [-0.39, 0.29) is 0 Å². The third-order valence-electron chi connectivity index (χ3n) is 5.82. The Morgan fingerprint density at radius 3 is 1.36 bits per heavy atom. The molecule has 3 heteroatoms. The minimum absolute atomic E-state index is 0.969. The normalized spacial score (nSPS) is 11.0. The average molecular weight is 441 g/mol. The summed E-state index contributed by atoms with van der Waals surface area (Å²) in [7, 11) is 0. The summed E-state index contributed by atoms with van der Waals surface area (Å²) in [5.74, 6) is 0. The van der Waals surface area contributed by atoms with Crippen molar-refractivity contribution in [1.29, 1.82) is 0 Å². The van der Waals surface area contributed by atoms with Crippen molar-refractivity contribution in [3.8, 4) is 44.9 Å². The second-order valence-corrected chi connectivity index (χ2v) is 8.66. The van der Waals surface area contributed by atoms with Crippen LogP contribution >= 0.6 is 11.5 Å². The van der Waals surface area contributed by atoms with Gasteiger partial charge in [-0.3, -0.25) is 0 Å². The maximum atomic E-state index is 5.34. The molecule has 0 aliphatic carbocycles. The van der Waals surface area contributed by atoms with Gasteiger partial charge in [0.25, 0.3) is 0 Å². The third-order valence-corrected chi connectivity index (χ3v) is 6.69.